The molecular formula is C18H26N4O3S. The Labute approximate surface area is 156 Å². The topological polar surface area (TPSA) is 77.6 Å². The normalized spacial score (nSPS) is 17.1. The monoisotopic (exact) mass is 378 g/mol. The van der Waals surface area contributed by atoms with Gasteiger partial charge in [0.05, 0.1) is 29.6 Å². The first-order chi connectivity index (χ1) is 12.3. The number of thiophene rings is 1. The van der Waals surface area contributed by atoms with Crippen LogP contribution >= 0.6 is 11.3 Å². The lowest BCUT2D eigenvalue weighted by Gasteiger charge is -2.43. The summed E-state index contributed by atoms with van der Waals surface area (Å²) in [7, 11) is 3.33. The summed E-state index contributed by atoms with van der Waals surface area (Å²) in [5, 5.41) is 4.68. The van der Waals surface area contributed by atoms with Crippen LogP contribution in [0.4, 0.5) is 0 Å². The Balaban J connectivity index is 2.25. The zero-order valence-electron chi connectivity index (χ0n) is 16.0. The summed E-state index contributed by atoms with van der Waals surface area (Å²) in [6.45, 7) is 7.08. The number of aryl methyl sites for hydroxylation is 1. The van der Waals surface area contributed by atoms with Gasteiger partial charge in [-0.2, -0.15) is 5.10 Å². The van der Waals surface area contributed by atoms with Crippen LogP contribution in [0.1, 0.15) is 43.2 Å². The number of ether oxygens (including phenoxy) is 1. The number of aromatic nitrogens is 2. The molecule has 0 saturated heterocycles. The summed E-state index contributed by atoms with van der Waals surface area (Å²) in [5.41, 5.74) is 3.35. The maximum absolute atomic E-state index is 13.2. The van der Waals surface area contributed by atoms with Gasteiger partial charge < -0.3 is 10.2 Å². The van der Waals surface area contributed by atoms with Gasteiger partial charge in [0, 0.05) is 20.2 Å². The molecule has 1 saturated carbocycles. The van der Waals surface area contributed by atoms with Gasteiger partial charge in [0.15, 0.2) is 0 Å². The van der Waals surface area contributed by atoms with Gasteiger partial charge in [0.2, 0.25) is 0 Å². The molecule has 0 radical (unpaired) electrons. The third kappa shape index (κ3) is 3.12. The minimum Gasteiger partial charge on any atom is -0.383 e. The molecule has 142 valence electrons. The number of hydrogen-bond acceptors (Lipinski definition) is 6. The SMILES string of the molecule is CN/N=C/c1sc2c(c1C)c(=O)n(C1CC(C)(C)C1)c(=O)n2CCOC. The molecule has 0 aromatic carbocycles. The van der Waals surface area contributed by atoms with Crippen molar-refractivity contribution in [2.45, 2.75) is 46.2 Å². The van der Waals surface area contributed by atoms with Gasteiger partial charge in [-0.25, -0.2) is 4.79 Å². The molecule has 0 bridgehead atoms. The van der Waals surface area contributed by atoms with Crippen LogP contribution in [0.15, 0.2) is 14.7 Å². The quantitative estimate of drug-likeness (QED) is 0.617. The third-order valence-corrected chi connectivity index (χ3v) is 6.30. The van der Waals surface area contributed by atoms with Gasteiger partial charge >= 0.3 is 5.69 Å². The molecule has 0 amide bonds. The van der Waals surface area contributed by atoms with Gasteiger partial charge in [-0.1, -0.05) is 13.8 Å². The highest BCUT2D eigenvalue weighted by molar-refractivity contribution is 7.20. The summed E-state index contributed by atoms with van der Waals surface area (Å²) in [6, 6.07) is -0.0306. The van der Waals surface area contributed by atoms with E-state index in [2.05, 4.69) is 24.4 Å². The third-order valence-electron chi connectivity index (χ3n) is 5.05. The summed E-state index contributed by atoms with van der Waals surface area (Å²) >= 11 is 1.42. The molecule has 0 aliphatic heterocycles. The number of fused-ring (bicyclic) bond motifs is 1. The molecule has 0 spiro atoms. The first kappa shape index (κ1) is 18.8. The zero-order chi connectivity index (χ0) is 19.1. The molecule has 0 atom stereocenters. The van der Waals surface area contributed by atoms with Crippen molar-refractivity contribution in [1.29, 1.82) is 0 Å². The lowest BCUT2D eigenvalue weighted by atomic mass is 9.68. The number of rotatable bonds is 6. The lowest BCUT2D eigenvalue weighted by molar-refractivity contribution is 0.0967. The van der Waals surface area contributed by atoms with Crippen LogP contribution in [-0.4, -0.2) is 36.1 Å². The van der Waals surface area contributed by atoms with Crippen molar-refractivity contribution in [2.24, 2.45) is 10.5 Å². The first-order valence-electron chi connectivity index (χ1n) is 8.78. The second kappa shape index (κ2) is 7.00. The van der Waals surface area contributed by atoms with Crippen LogP contribution in [0.25, 0.3) is 10.2 Å². The number of hydrazone groups is 1. The standard InChI is InChI=1S/C18H26N4O3S/c1-11-13(10-20-19-4)26-16-14(11)15(23)22(12-8-18(2,3)9-12)17(24)21(16)6-7-25-5/h10,12,19H,6-9H2,1-5H3/b20-10+. The average Bonchev–Trinajstić information content (AvgIpc) is 2.88. The van der Waals surface area contributed by atoms with Crippen LogP contribution in [0.3, 0.4) is 0 Å². The maximum Gasteiger partial charge on any atom is 0.332 e. The Morgan fingerprint density at radius 3 is 2.65 bits per heavy atom. The van der Waals surface area contributed by atoms with E-state index in [1.165, 1.54) is 15.9 Å². The van der Waals surface area contributed by atoms with E-state index >= 15 is 0 Å². The van der Waals surface area contributed by atoms with Gasteiger partial charge in [0.1, 0.15) is 4.83 Å². The Bertz CT molecular complexity index is 959. The molecule has 2 aromatic rings. The van der Waals surface area contributed by atoms with E-state index in [4.69, 9.17) is 4.74 Å². The highest BCUT2D eigenvalue weighted by Gasteiger charge is 2.39. The molecule has 1 fully saturated rings. The Kier molecular flexibility index (Phi) is 5.07. The lowest BCUT2D eigenvalue weighted by Crippen LogP contribution is -2.48. The first-order valence-corrected chi connectivity index (χ1v) is 9.59. The van der Waals surface area contributed by atoms with Gasteiger partial charge in [0.25, 0.3) is 5.56 Å². The highest BCUT2D eigenvalue weighted by Crippen LogP contribution is 2.46. The minimum absolute atomic E-state index is 0.0306. The highest BCUT2D eigenvalue weighted by atomic mass is 32.1. The number of nitrogens with zero attached hydrogens (tertiary/aromatic N) is 3. The van der Waals surface area contributed by atoms with Crippen molar-refractivity contribution in [3.63, 3.8) is 0 Å². The molecule has 8 heteroatoms. The van der Waals surface area contributed by atoms with Crippen molar-refractivity contribution in [3.05, 3.63) is 31.3 Å². The fraction of sp³-hybridized carbons (Fsp3) is 0.611. The molecule has 1 aliphatic carbocycles. The summed E-state index contributed by atoms with van der Waals surface area (Å²) < 4.78 is 8.32. The van der Waals surface area contributed by atoms with Crippen molar-refractivity contribution in [2.75, 3.05) is 20.8 Å². The molecule has 3 rings (SSSR count). The van der Waals surface area contributed by atoms with Crippen LogP contribution in [0.2, 0.25) is 0 Å². The van der Waals surface area contributed by atoms with Crippen LogP contribution in [0.5, 0.6) is 0 Å². The van der Waals surface area contributed by atoms with Crippen molar-refractivity contribution in [3.8, 4) is 0 Å². The van der Waals surface area contributed by atoms with Crippen molar-refractivity contribution >= 4 is 27.8 Å². The summed E-state index contributed by atoms with van der Waals surface area (Å²) in [5.74, 6) is 0. The van der Waals surface area contributed by atoms with Gasteiger partial charge in [-0.3, -0.25) is 13.9 Å². The zero-order valence-corrected chi connectivity index (χ0v) is 16.8. The van der Waals surface area contributed by atoms with Gasteiger partial charge in [-0.05, 0) is 30.7 Å². The van der Waals surface area contributed by atoms with E-state index in [0.717, 1.165) is 23.3 Å². The Morgan fingerprint density at radius 2 is 2.08 bits per heavy atom. The predicted molar refractivity (Wildman–Crippen MR) is 106 cm³/mol. The second-order valence-corrected chi connectivity index (χ2v) is 8.61. The van der Waals surface area contributed by atoms with E-state index < -0.39 is 0 Å². The molecule has 2 heterocycles. The Hall–Kier alpha value is -1.93. The van der Waals surface area contributed by atoms with E-state index in [1.807, 2.05) is 6.92 Å². The number of methoxy groups -OCH3 is 1. The van der Waals surface area contributed by atoms with E-state index in [1.54, 1.807) is 24.9 Å². The van der Waals surface area contributed by atoms with Crippen molar-refractivity contribution in [1.82, 2.24) is 14.6 Å². The average molecular weight is 378 g/mol. The largest absolute Gasteiger partial charge is 0.383 e. The smallest absolute Gasteiger partial charge is 0.332 e. The molecule has 1 aliphatic rings. The van der Waals surface area contributed by atoms with E-state index in [9.17, 15) is 9.59 Å². The number of hydrogen-bond donors (Lipinski definition) is 1. The fourth-order valence-corrected chi connectivity index (χ4v) is 4.92. The molecule has 26 heavy (non-hydrogen) atoms. The molecule has 0 unspecified atom stereocenters. The minimum atomic E-state index is -0.238. The van der Waals surface area contributed by atoms with Crippen LogP contribution in [0, 0.1) is 12.3 Å². The fourth-order valence-electron chi connectivity index (χ4n) is 3.73. The second-order valence-electron chi connectivity index (χ2n) is 7.58. The van der Waals surface area contributed by atoms with Gasteiger partial charge in [-0.15, -0.1) is 11.3 Å². The molecular weight excluding hydrogens is 352 g/mol. The van der Waals surface area contributed by atoms with Crippen LogP contribution in [-0.2, 0) is 11.3 Å². The summed E-state index contributed by atoms with van der Waals surface area (Å²) in [6.07, 6.45) is 3.38. The summed E-state index contributed by atoms with van der Waals surface area (Å²) in [4.78, 5) is 27.9. The van der Waals surface area contributed by atoms with E-state index in [-0.39, 0.29) is 22.7 Å². The van der Waals surface area contributed by atoms with Crippen molar-refractivity contribution < 1.29 is 4.74 Å². The van der Waals surface area contributed by atoms with Crippen LogP contribution < -0.4 is 16.7 Å². The predicted octanol–water partition coefficient (Wildman–Crippen LogP) is 2.09. The molecule has 1 N–H and O–H groups in total. The number of nitrogens with one attached hydrogen (secondary N) is 1. The molecule has 2 aromatic heterocycles. The van der Waals surface area contributed by atoms with E-state index in [0.29, 0.717) is 23.4 Å². The maximum atomic E-state index is 13.2. The Morgan fingerprint density at radius 1 is 1.38 bits per heavy atom. The molecule has 7 nitrogen and oxygen atoms in total.